The molecular weight excluding hydrogens is 458 g/mol. The molecule has 1 amide bonds. The zero-order valence-electron chi connectivity index (χ0n) is 19.7. The minimum absolute atomic E-state index is 0.00689. The highest BCUT2D eigenvalue weighted by Crippen LogP contribution is 2.16. The number of benzene rings is 2. The Hall–Kier alpha value is -2.95. The van der Waals surface area contributed by atoms with Gasteiger partial charge in [-0.1, -0.05) is 29.8 Å². The third-order valence-corrected chi connectivity index (χ3v) is 7.16. The molecule has 1 aliphatic heterocycles. The maximum absolute atomic E-state index is 12.5. The summed E-state index contributed by atoms with van der Waals surface area (Å²) in [4.78, 5) is 28.7. The van der Waals surface area contributed by atoms with Crippen LogP contribution in [-0.2, 0) is 30.9 Å². The van der Waals surface area contributed by atoms with Gasteiger partial charge < -0.3 is 14.4 Å². The summed E-state index contributed by atoms with van der Waals surface area (Å²) in [5.41, 5.74) is 2.45. The minimum atomic E-state index is -3.93. The second-order valence-electron chi connectivity index (χ2n) is 8.27. The molecule has 0 radical (unpaired) electrons. The van der Waals surface area contributed by atoms with Crippen molar-refractivity contribution in [1.82, 2.24) is 14.5 Å². The van der Waals surface area contributed by atoms with Crippen LogP contribution in [0.5, 0.6) is 5.75 Å². The molecule has 2 aromatic carbocycles. The summed E-state index contributed by atoms with van der Waals surface area (Å²) in [6, 6.07) is 13.0. The van der Waals surface area contributed by atoms with Crippen LogP contribution in [0.15, 0.2) is 53.4 Å². The van der Waals surface area contributed by atoms with E-state index in [1.165, 1.54) is 49.4 Å². The third-order valence-electron chi connectivity index (χ3n) is 5.61. The molecule has 1 fully saturated rings. The number of piperazine rings is 1. The van der Waals surface area contributed by atoms with Crippen molar-refractivity contribution < 1.29 is 27.5 Å². The first-order valence-electron chi connectivity index (χ1n) is 11.1. The Balaban J connectivity index is 1.43. The first-order chi connectivity index (χ1) is 16.2. The monoisotopic (exact) mass is 489 g/mol. The van der Waals surface area contributed by atoms with Gasteiger partial charge in [0.05, 0.1) is 12.0 Å². The van der Waals surface area contributed by atoms with Crippen molar-refractivity contribution in [3.05, 3.63) is 59.7 Å². The van der Waals surface area contributed by atoms with E-state index in [2.05, 4.69) is 34.7 Å². The van der Waals surface area contributed by atoms with Gasteiger partial charge in [0.1, 0.15) is 11.8 Å². The molecule has 2 aromatic rings. The van der Waals surface area contributed by atoms with E-state index in [0.29, 0.717) is 18.8 Å². The van der Waals surface area contributed by atoms with Crippen LogP contribution in [0.3, 0.4) is 0 Å². The van der Waals surface area contributed by atoms with E-state index >= 15 is 0 Å². The van der Waals surface area contributed by atoms with E-state index in [4.69, 9.17) is 9.47 Å². The third kappa shape index (κ3) is 7.02. The number of amides is 1. The minimum Gasteiger partial charge on any atom is -0.497 e. The summed E-state index contributed by atoms with van der Waals surface area (Å²) < 4.78 is 37.3. The van der Waals surface area contributed by atoms with E-state index in [0.717, 1.165) is 19.6 Å². The van der Waals surface area contributed by atoms with Crippen LogP contribution in [0.25, 0.3) is 0 Å². The van der Waals surface area contributed by atoms with Gasteiger partial charge in [0.15, 0.2) is 6.61 Å². The molecule has 1 atom stereocenters. The van der Waals surface area contributed by atoms with Crippen molar-refractivity contribution >= 4 is 21.9 Å². The summed E-state index contributed by atoms with van der Waals surface area (Å²) in [7, 11) is -2.45. The second-order valence-corrected chi connectivity index (χ2v) is 9.99. The molecule has 0 aromatic heterocycles. The molecule has 9 nitrogen and oxygen atoms in total. The van der Waals surface area contributed by atoms with Gasteiger partial charge in [-0.2, -0.15) is 4.72 Å². The normalized spacial score (nSPS) is 15.6. The molecule has 1 aliphatic rings. The van der Waals surface area contributed by atoms with Gasteiger partial charge in [0.2, 0.25) is 10.0 Å². The first-order valence-corrected chi connectivity index (χ1v) is 12.5. The lowest BCUT2D eigenvalue weighted by molar-refractivity contribution is -0.153. The Morgan fingerprint density at radius 2 is 1.74 bits per heavy atom. The molecule has 0 saturated carbocycles. The largest absolute Gasteiger partial charge is 0.497 e. The number of hydrogen-bond acceptors (Lipinski definition) is 7. The van der Waals surface area contributed by atoms with E-state index in [1.54, 1.807) is 4.90 Å². The smallest absolute Gasteiger partial charge is 0.324 e. The Morgan fingerprint density at radius 3 is 2.35 bits per heavy atom. The standard InChI is InChI=1S/C24H31N3O6S/c1-18-5-4-6-20(15-18)16-26-11-13-27(14-12-26)23(28)17-33-24(29)19(2)25-34(30,31)22-9-7-21(32-3)8-10-22/h4-10,15,19,25H,11-14,16-17H2,1-3H3/t19-/m0/s1. The number of methoxy groups -OCH3 is 1. The Bertz CT molecular complexity index is 1100. The van der Waals surface area contributed by atoms with E-state index in [-0.39, 0.29) is 10.8 Å². The fraction of sp³-hybridized carbons (Fsp3) is 0.417. The molecule has 10 heteroatoms. The Morgan fingerprint density at radius 1 is 1.06 bits per heavy atom. The van der Waals surface area contributed by atoms with Gasteiger partial charge in [-0.3, -0.25) is 14.5 Å². The van der Waals surface area contributed by atoms with Crippen LogP contribution in [0.1, 0.15) is 18.1 Å². The van der Waals surface area contributed by atoms with Crippen LogP contribution >= 0.6 is 0 Å². The quantitative estimate of drug-likeness (QED) is 0.533. The SMILES string of the molecule is COc1ccc(S(=O)(=O)N[C@@H](C)C(=O)OCC(=O)N2CCN(Cc3cccc(C)c3)CC2)cc1. The highest BCUT2D eigenvalue weighted by atomic mass is 32.2. The molecule has 0 aliphatic carbocycles. The summed E-state index contributed by atoms with van der Waals surface area (Å²) in [5, 5.41) is 0. The summed E-state index contributed by atoms with van der Waals surface area (Å²) in [6.07, 6.45) is 0. The number of hydrogen-bond donors (Lipinski definition) is 1. The molecule has 1 heterocycles. The highest BCUT2D eigenvalue weighted by molar-refractivity contribution is 7.89. The first kappa shape index (κ1) is 25.7. The fourth-order valence-electron chi connectivity index (χ4n) is 3.68. The van der Waals surface area contributed by atoms with Gasteiger partial charge in [0.25, 0.3) is 5.91 Å². The van der Waals surface area contributed by atoms with Gasteiger partial charge in [0, 0.05) is 32.7 Å². The molecular formula is C24H31N3O6S. The van der Waals surface area contributed by atoms with Crippen molar-refractivity contribution in [2.24, 2.45) is 0 Å². The lowest BCUT2D eigenvalue weighted by Gasteiger charge is -2.34. The molecule has 1 N–H and O–H groups in total. The zero-order chi connectivity index (χ0) is 24.7. The van der Waals surface area contributed by atoms with Gasteiger partial charge in [-0.05, 0) is 43.7 Å². The number of aryl methyl sites for hydroxylation is 1. The molecule has 0 unspecified atom stereocenters. The fourth-order valence-corrected chi connectivity index (χ4v) is 4.87. The van der Waals surface area contributed by atoms with Gasteiger partial charge in [-0.15, -0.1) is 0 Å². The van der Waals surface area contributed by atoms with Crippen LogP contribution in [0.4, 0.5) is 0 Å². The van der Waals surface area contributed by atoms with E-state index in [1.807, 2.05) is 6.07 Å². The number of nitrogens with one attached hydrogen (secondary N) is 1. The molecule has 3 rings (SSSR count). The van der Waals surface area contributed by atoms with Gasteiger partial charge >= 0.3 is 5.97 Å². The predicted molar refractivity (Wildman–Crippen MR) is 127 cm³/mol. The van der Waals surface area contributed by atoms with Crippen molar-refractivity contribution in [3.8, 4) is 5.75 Å². The molecule has 0 bridgehead atoms. The van der Waals surface area contributed by atoms with Crippen LogP contribution in [0, 0.1) is 6.92 Å². The molecule has 0 spiro atoms. The van der Waals surface area contributed by atoms with Crippen molar-refractivity contribution in [2.75, 3.05) is 39.9 Å². The number of carbonyl (C=O) groups excluding carboxylic acids is 2. The highest BCUT2D eigenvalue weighted by Gasteiger charge is 2.26. The Kier molecular flexibility index (Phi) is 8.65. The lowest BCUT2D eigenvalue weighted by atomic mass is 10.1. The lowest BCUT2D eigenvalue weighted by Crippen LogP contribution is -2.49. The van der Waals surface area contributed by atoms with Crippen molar-refractivity contribution in [1.29, 1.82) is 0 Å². The number of rotatable bonds is 9. The summed E-state index contributed by atoms with van der Waals surface area (Å²) in [6.45, 7) is 6.38. The van der Waals surface area contributed by atoms with E-state index in [9.17, 15) is 18.0 Å². The maximum atomic E-state index is 12.5. The number of ether oxygens (including phenoxy) is 2. The predicted octanol–water partition coefficient (Wildman–Crippen LogP) is 1.56. The molecule has 34 heavy (non-hydrogen) atoms. The van der Waals surface area contributed by atoms with E-state index < -0.39 is 28.6 Å². The van der Waals surface area contributed by atoms with Gasteiger partial charge in [-0.25, -0.2) is 8.42 Å². The average molecular weight is 490 g/mol. The van der Waals surface area contributed by atoms with Crippen LogP contribution in [0.2, 0.25) is 0 Å². The molecule has 1 saturated heterocycles. The summed E-state index contributed by atoms with van der Waals surface area (Å²) in [5.74, 6) is -0.599. The maximum Gasteiger partial charge on any atom is 0.324 e. The number of nitrogens with zero attached hydrogens (tertiary/aromatic N) is 2. The topological polar surface area (TPSA) is 105 Å². The average Bonchev–Trinajstić information content (AvgIpc) is 2.82. The van der Waals surface area contributed by atoms with Crippen molar-refractivity contribution in [2.45, 2.75) is 31.3 Å². The van der Waals surface area contributed by atoms with Crippen molar-refractivity contribution in [3.63, 3.8) is 0 Å². The Labute approximate surface area is 200 Å². The van der Waals surface area contributed by atoms with Crippen LogP contribution < -0.4 is 9.46 Å². The zero-order valence-corrected chi connectivity index (χ0v) is 20.5. The number of carbonyl (C=O) groups is 2. The summed E-state index contributed by atoms with van der Waals surface area (Å²) >= 11 is 0. The second kappa shape index (κ2) is 11.5. The van der Waals surface area contributed by atoms with Crippen LogP contribution in [-0.4, -0.2) is 76.0 Å². The molecule has 184 valence electrons. The number of sulfonamides is 1. The number of esters is 1.